The minimum absolute atomic E-state index is 0.0312. The van der Waals surface area contributed by atoms with Gasteiger partial charge in [-0.25, -0.2) is 4.39 Å². The summed E-state index contributed by atoms with van der Waals surface area (Å²) >= 11 is 0. The van der Waals surface area contributed by atoms with Gasteiger partial charge in [-0.3, -0.25) is 14.4 Å². The van der Waals surface area contributed by atoms with Gasteiger partial charge < -0.3 is 9.15 Å². The van der Waals surface area contributed by atoms with Crippen molar-refractivity contribution in [1.82, 2.24) is 0 Å². The van der Waals surface area contributed by atoms with Crippen molar-refractivity contribution in [1.29, 1.82) is 0 Å². The molecule has 0 unspecified atom stereocenters. The van der Waals surface area contributed by atoms with Crippen molar-refractivity contribution in [2.24, 2.45) is 0 Å². The number of ketones is 3. The molecule has 6 heteroatoms. The van der Waals surface area contributed by atoms with E-state index in [1.54, 1.807) is 6.07 Å². The van der Waals surface area contributed by atoms with Gasteiger partial charge in [0.2, 0.25) is 5.78 Å². The van der Waals surface area contributed by atoms with Gasteiger partial charge in [0, 0.05) is 53.7 Å². The first-order chi connectivity index (χ1) is 17.4. The number of hydrogen-bond donors (Lipinski definition) is 0. The molecular formula is C30H25FO5. The number of carbonyl (C=O) groups is 3. The predicted molar refractivity (Wildman–Crippen MR) is 131 cm³/mol. The fourth-order valence-corrected chi connectivity index (χ4v) is 5.69. The van der Waals surface area contributed by atoms with Crippen LogP contribution in [-0.2, 0) is 20.7 Å². The second kappa shape index (κ2) is 8.70. The summed E-state index contributed by atoms with van der Waals surface area (Å²) in [5.41, 5.74) is 3.87. The lowest BCUT2D eigenvalue weighted by Crippen LogP contribution is -2.30. The largest absolute Gasteiger partial charge is 0.465 e. The molecule has 0 fully saturated rings. The number of halogens is 1. The van der Waals surface area contributed by atoms with Crippen LogP contribution in [0, 0.1) is 5.82 Å². The average Bonchev–Trinajstić information content (AvgIpc) is 3.32. The molecule has 5 nitrogen and oxygen atoms in total. The lowest BCUT2D eigenvalue weighted by molar-refractivity contribution is -0.117. The van der Waals surface area contributed by atoms with E-state index >= 15 is 0 Å². The Hall–Kier alpha value is -3.80. The van der Waals surface area contributed by atoms with E-state index in [1.807, 2.05) is 19.1 Å². The molecule has 0 N–H and O–H groups in total. The highest BCUT2D eigenvalue weighted by Gasteiger charge is 2.42. The van der Waals surface area contributed by atoms with Gasteiger partial charge in [0.05, 0.1) is 0 Å². The number of carbonyl (C=O) groups excluding carboxylic acids is 3. The quantitative estimate of drug-likeness (QED) is 0.396. The first-order valence-corrected chi connectivity index (χ1v) is 12.5. The molecule has 1 aliphatic heterocycles. The zero-order valence-corrected chi connectivity index (χ0v) is 20.0. The summed E-state index contributed by atoms with van der Waals surface area (Å²) in [4.78, 5) is 39.3. The van der Waals surface area contributed by atoms with Crippen molar-refractivity contribution < 1.29 is 27.9 Å². The Bertz CT molecular complexity index is 1460. The van der Waals surface area contributed by atoms with Gasteiger partial charge in [-0.2, -0.15) is 0 Å². The summed E-state index contributed by atoms with van der Waals surface area (Å²) in [5, 5.41) is 0.733. The Morgan fingerprint density at radius 2 is 1.56 bits per heavy atom. The maximum absolute atomic E-state index is 13.3. The van der Waals surface area contributed by atoms with Crippen molar-refractivity contribution in [3.05, 3.63) is 93.4 Å². The molecule has 2 aromatic carbocycles. The number of furan rings is 1. The van der Waals surface area contributed by atoms with Gasteiger partial charge >= 0.3 is 0 Å². The number of allylic oxidation sites excluding steroid dienone is 4. The second-order valence-electron chi connectivity index (χ2n) is 9.66. The molecule has 0 amide bonds. The van der Waals surface area contributed by atoms with Crippen LogP contribution in [0.3, 0.4) is 0 Å². The zero-order valence-electron chi connectivity index (χ0n) is 20.0. The van der Waals surface area contributed by atoms with Crippen molar-refractivity contribution in [2.45, 2.75) is 57.8 Å². The minimum Gasteiger partial charge on any atom is -0.465 e. The third-order valence-corrected chi connectivity index (χ3v) is 7.40. The van der Waals surface area contributed by atoms with Gasteiger partial charge in [-0.15, -0.1) is 0 Å². The Morgan fingerprint density at radius 3 is 2.17 bits per heavy atom. The molecule has 0 saturated heterocycles. The number of benzene rings is 2. The number of hydrogen-bond acceptors (Lipinski definition) is 5. The van der Waals surface area contributed by atoms with Crippen LogP contribution < -0.4 is 0 Å². The van der Waals surface area contributed by atoms with Crippen molar-refractivity contribution in [2.75, 3.05) is 0 Å². The lowest BCUT2D eigenvalue weighted by atomic mass is 9.72. The maximum atomic E-state index is 13.3. The summed E-state index contributed by atoms with van der Waals surface area (Å²) < 4.78 is 25.5. The van der Waals surface area contributed by atoms with Crippen molar-refractivity contribution in [3.8, 4) is 0 Å². The van der Waals surface area contributed by atoms with E-state index in [0.29, 0.717) is 65.9 Å². The molecule has 3 aliphatic rings. The molecule has 1 aromatic heterocycles. The molecule has 3 aromatic rings. The Labute approximate surface area is 207 Å². The van der Waals surface area contributed by atoms with E-state index in [1.165, 1.54) is 24.3 Å². The van der Waals surface area contributed by atoms with Crippen LogP contribution in [0.2, 0.25) is 0 Å². The number of rotatable bonds is 4. The van der Waals surface area contributed by atoms with E-state index in [4.69, 9.17) is 9.15 Å². The third-order valence-electron chi connectivity index (χ3n) is 7.40. The normalized spacial score (nSPS) is 18.4. The molecule has 0 bridgehead atoms. The smallest absolute Gasteiger partial charge is 0.228 e. The van der Waals surface area contributed by atoms with Crippen LogP contribution in [-0.4, -0.2) is 17.3 Å². The Kier molecular flexibility index (Phi) is 5.47. The number of Topliss-reactive ketones (excluding diaryl/α,β-unsaturated/α-hetero) is 2. The number of ether oxygens (including phenoxy) is 1. The van der Waals surface area contributed by atoms with Crippen molar-refractivity contribution >= 4 is 28.3 Å². The summed E-state index contributed by atoms with van der Waals surface area (Å²) in [6.07, 6.45) is 4.40. The highest BCUT2D eigenvalue weighted by molar-refractivity contribution is 6.09. The molecule has 0 spiro atoms. The topological polar surface area (TPSA) is 73.6 Å². The highest BCUT2D eigenvalue weighted by atomic mass is 19.1. The van der Waals surface area contributed by atoms with Crippen LogP contribution in [0.1, 0.15) is 78.6 Å². The first kappa shape index (κ1) is 22.7. The highest BCUT2D eigenvalue weighted by Crippen LogP contribution is 2.48. The molecule has 0 radical (unpaired) electrons. The monoisotopic (exact) mass is 484 g/mol. The summed E-state index contributed by atoms with van der Waals surface area (Å²) in [6, 6.07) is 11.0. The third kappa shape index (κ3) is 3.63. The number of aryl methyl sites for hydroxylation is 1. The molecular weight excluding hydrogens is 459 g/mol. The molecule has 36 heavy (non-hydrogen) atoms. The Balaban J connectivity index is 1.50. The lowest BCUT2D eigenvalue weighted by Gasteiger charge is -2.36. The predicted octanol–water partition coefficient (Wildman–Crippen LogP) is 6.49. The summed E-state index contributed by atoms with van der Waals surface area (Å²) in [7, 11) is 0. The SMILES string of the molecule is CCc1cc(C2C3=C(CCCC3=O)OC3=C2C(=O)CCC3)cc2cc(C(=O)c3ccc(F)cc3)oc12. The molecule has 0 atom stereocenters. The first-order valence-electron chi connectivity index (χ1n) is 12.5. The number of fused-ring (bicyclic) bond motifs is 1. The average molecular weight is 485 g/mol. The van der Waals surface area contributed by atoms with E-state index in [0.717, 1.165) is 29.4 Å². The van der Waals surface area contributed by atoms with Gasteiger partial charge in [0.1, 0.15) is 22.9 Å². The van der Waals surface area contributed by atoms with E-state index in [2.05, 4.69) is 0 Å². The van der Waals surface area contributed by atoms with Gasteiger partial charge in [-0.05, 0) is 66.8 Å². The van der Waals surface area contributed by atoms with Crippen LogP contribution in [0.5, 0.6) is 0 Å². The standard InChI is InChI=1S/C30H25FO5/c1-2-16-13-18(14-19-15-25(36-30(16)19)29(34)17-9-11-20(31)12-10-17)26-27-21(32)5-3-7-23(27)35-24-8-4-6-22(33)28(24)26/h9-15,26H,2-8H2,1H3. The molecule has 2 aliphatic carbocycles. The zero-order chi connectivity index (χ0) is 25.0. The van der Waals surface area contributed by atoms with Gasteiger partial charge in [0.25, 0.3) is 0 Å². The molecule has 2 heterocycles. The molecule has 0 saturated carbocycles. The summed E-state index contributed by atoms with van der Waals surface area (Å²) in [6.45, 7) is 2.00. The van der Waals surface area contributed by atoms with Crippen LogP contribution in [0.25, 0.3) is 11.0 Å². The molecule has 182 valence electrons. The minimum atomic E-state index is -0.467. The fourth-order valence-electron chi connectivity index (χ4n) is 5.69. The van der Waals surface area contributed by atoms with Crippen molar-refractivity contribution in [3.63, 3.8) is 0 Å². The van der Waals surface area contributed by atoms with Crippen LogP contribution in [0.4, 0.5) is 4.39 Å². The summed E-state index contributed by atoms with van der Waals surface area (Å²) in [5.74, 6) is 0.405. The van der Waals surface area contributed by atoms with E-state index in [9.17, 15) is 18.8 Å². The van der Waals surface area contributed by atoms with E-state index < -0.39 is 11.7 Å². The molecule has 6 rings (SSSR count). The van der Waals surface area contributed by atoms with Crippen LogP contribution in [0.15, 0.2) is 69.5 Å². The van der Waals surface area contributed by atoms with Gasteiger partial charge in [0.15, 0.2) is 17.3 Å². The Morgan fingerprint density at radius 1 is 0.917 bits per heavy atom. The fraction of sp³-hybridized carbons (Fsp3) is 0.300. The van der Waals surface area contributed by atoms with Crippen LogP contribution >= 0.6 is 0 Å². The second-order valence-corrected chi connectivity index (χ2v) is 9.66. The van der Waals surface area contributed by atoms with E-state index in [-0.39, 0.29) is 23.1 Å². The van der Waals surface area contributed by atoms with Gasteiger partial charge in [-0.1, -0.05) is 13.0 Å². The maximum Gasteiger partial charge on any atom is 0.228 e.